The number of methoxy groups -OCH3 is 1. The minimum Gasteiger partial charge on any atom is -0.469 e. The monoisotopic (exact) mass is 408 g/mol. The molecule has 5 nitrogen and oxygen atoms in total. The number of hydrogen-bond acceptors (Lipinski definition) is 5. The minimum absolute atomic E-state index is 0.0901. The molecule has 0 saturated heterocycles. The first kappa shape index (κ1) is 24.1. The fourth-order valence-electron chi connectivity index (χ4n) is 5.17. The zero-order valence-electron chi connectivity index (χ0n) is 18.3. The zero-order chi connectivity index (χ0) is 21.3. The fraction of sp³-hybridized carbons (Fsp3) is 0.833. The van der Waals surface area contributed by atoms with Crippen LogP contribution in [0.5, 0.6) is 0 Å². The third-order valence-corrected chi connectivity index (χ3v) is 7.13. The topological polar surface area (TPSA) is 83.8 Å². The van der Waals surface area contributed by atoms with Gasteiger partial charge in [-0.2, -0.15) is 0 Å². The van der Waals surface area contributed by atoms with E-state index in [4.69, 9.17) is 0 Å². The lowest BCUT2D eigenvalue weighted by Gasteiger charge is -2.45. The maximum absolute atomic E-state index is 12.3. The number of ketones is 1. The number of carbonyl (C=O) groups is 2. The Morgan fingerprint density at radius 2 is 2.00 bits per heavy atom. The van der Waals surface area contributed by atoms with E-state index in [9.17, 15) is 19.8 Å². The average molecular weight is 409 g/mol. The van der Waals surface area contributed by atoms with Crippen molar-refractivity contribution >= 4 is 11.8 Å². The van der Waals surface area contributed by atoms with Crippen LogP contribution in [0.25, 0.3) is 0 Å². The van der Waals surface area contributed by atoms with Gasteiger partial charge in [0, 0.05) is 24.7 Å². The Bertz CT molecular complexity index is 551. The van der Waals surface area contributed by atoms with Crippen molar-refractivity contribution in [2.24, 2.45) is 17.3 Å². The molecule has 0 bridgehead atoms. The van der Waals surface area contributed by atoms with Crippen molar-refractivity contribution in [3.8, 4) is 0 Å². The van der Waals surface area contributed by atoms with Gasteiger partial charge in [-0.1, -0.05) is 51.2 Å². The van der Waals surface area contributed by atoms with Crippen LogP contribution in [0.2, 0.25) is 0 Å². The largest absolute Gasteiger partial charge is 0.469 e. The van der Waals surface area contributed by atoms with Crippen LogP contribution in [0.15, 0.2) is 12.2 Å². The molecule has 0 unspecified atom stereocenters. The lowest BCUT2D eigenvalue weighted by molar-refractivity contribution is -0.140. The van der Waals surface area contributed by atoms with Crippen molar-refractivity contribution in [3.05, 3.63) is 12.2 Å². The quantitative estimate of drug-likeness (QED) is 0.269. The van der Waals surface area contributed by atoms with E-state index in [2.05, 4.69) is 11.7 Å². The van der Waals surface area contributed by atoms with Crippen LogP contribution in [-0.2, 0) is 14.3 Å². The molecule has 0 heterocycles. The summed E-state index contributed by atoms with van der Waals surface area (Å²) in [7, 11) is 1.40. The summed E-state index contributed by atoms with van der Waals surface area (Å²) >= 11 is 0. The van der Waals surface area contributed by atoms with Gasteiger partial charge in [0.15, 0.2) is 0 Å². The summed E-state index contributed by atoms with van der Waals surface area (Å²) < 4.78 is 4.64. The van der Waals surface area contributed by atoms with Crippen molar-refractivity contribution in [3.63, 3.8) is 0 Å². The minimum atomic E-state index is -0.603. The van der Waals surface area contributed by atoms with Crippen LogP contribution >= 0.6 is 0 Å². The highest BCUT2D eigenvalue weighted by Crippen LogP contribution is 2.48. The number of carbonyl (C=O) groups excluding carboxylic acids is 2. The first-order valence-corrected chi connectivity index (χ1v) is 11.6. The van der Waals surface area contributed by atoms with E-state index >= 15 is 0 Å². The molecule has 0 aliphatic heterocycles. The van der Waals surface area contributed by atoms with E-state index in [-0.39, 0.29) is 41.5 Å². The predicted octanol–water partition coefficient (Wildman–Crippen LogP) is 4.34. The molecule has 29 heavy (non-hydrogen) atoms. The van der Waals surface area contributed by atoms with Crippen LogP contribution in [0, 0.1) is 17.3 Å². The molecule has 0 aromatic rings. The number of hydrogen-bond donors (Lipinski definition) is 2. The Morgan fingerprint density at radius 3 is 2.62 bits per heavy atom. The molecule has 4 atom stereocenters. The highest BCUT2D eigenvalue weighted by Gasteiger charge is 2.42. The molecular formula is C24H40O5. The molecule has 0 aromatic heterocycles. The molecule has 2 N–H and O–H groups in total. The Hall–Kier alpha value is -1.20. The molecule has 5 heteroatoms. The van der Waals surface area contributed by atoms with Gasteiger partial charge in [-0.25, -0.2) is 0 Å². The van der Waals surface area contributed by atoms with Crippen molar-refractivity contribution in [2.45, 2.75) is 103 Å². The molecule has 2 saturated carbocycles. The summed E-state index contributed by atoms with van der Waals surface area (Å²) in [6.07, 6.45) is 14.4. The Morgan fingerprint density at radius 1 is 1.28 bits per heavy atom. The molecule has 2 aliphatic carbocycles. The molecular weight excluding hydrogens is 368 g/mol. The van der Waals surface area contributed by atoms with Gasteiger partial charge < -0.3 is 14.9 Å². The normalized spacial score (nSPS) is 27.2. The summed E-state index contributed by atoms with van der Waals surface area (Å²) in [5.74, 6) is -0.265. The highest BCUT2D eigenvalue weighted by molar-refractivity contribution is 5.84. The van der Waals surface area contributed by atoms with E-state index in [0.29, 0.717) is 12.8 Å². The smallest absolute Gasteiger partial charge is 0.305 e. The van der Waals surface area contributed by atoms with E-state index in [1.165, 1.54) is 13.5 Å². The van der Waals surface area contributed by atoms with Crippen molar-refractivity contribution in [1.29, 1.82) is 0 Å². The van der Waals surface area contributed by atoms with Crippen molar-refractivity contribution in [2.75, 3.05) is 7.11 Å². The molecule has 2 aliphatic rings. The molecule has 0 aromatic carbocycles. The van der Waals surface area contributed by atoms with Gasteiger partial charge in [-0.15, -0.1) is 0 Å². The first-order chi connectivity index (χ1) is 13.9. The second-order valence-corrected chi connectivity index (χ2v) is 9.10. The fourth-order valence-corrected chi connectivity index (χ4v) is 5.17. The lowest BCUT2D eigenvalue weighted by atomic mass is 9.62. The lowest BCUT2D eigenvalue weighted by Crippen LogP contribution is -2.41. The third kappa shape index (κ3) is 6.65. The summed E-state index contributed by atoms with van der Waals surface area (Å²) in [5.41, 5.74) is 0.0901. The second kappa shape index (κ2) is 11.8. The SMILES string of the molecule is CCCC1([C@H](O)C/C=C/[C@H]2[C@@H](O)CC(=O)[C@@H]2CCCCCCC(=O)OC)CCC1. The summed E-state index contributed by atoms with van der Waals surface area (Å²) in [4.78, 5) is 23.5. The number of unbranched alkanes of at least 4 members (excludes halogenated alkanes) is 3. The number of aliphatic hydroxyl groups is 2. The number of rotatable bonds is 13. The van der Waals surface area contributed by atoms with Crippen molar-refractivity contribution in [1.82, 2.24) is 0 Å². The van der Waals surface area contributed by atoms with Gasteiger partial charge in [0.2, 0.25) is 0 Å². The van der Waals surface area contributed by atoms with E-state index < -0.39 is 6.10 Å². The molecule has 0 radical (unpaired) electrons. The van der Waals surface area contributed by atoms with Crippen molar-refractivity contribution < 1.29 is 24.5 Å². The van der Waals surface area contributed by atoms with Crippen LogP contribution in [-0.4, -0.2) is 41.3 Å². The molecule has 2 fully saturated rings. The van der Waals surface area contributed by atoms with Gasteiger partial charge in [0.25, 0.3) is 0 Å². The zero-order valence-corrected chi connectivity index (χ0v) is 18.3. The Balaban J connectivity index is 1.77. The van der Waals surface area contributed by atoms with Gasteiger partial charge in [0.1, 0.15) is 5.78 Å². The summed E-state index contributed by atoms with van der Waals surface area (Å²) in [5, 5.41) is 21.0. The third-order valence-electron chi connectivity index (χ3n) is 7.13. The number of aliphatic hydroxyl groups excluding tert-OH is 2. The predicted molar refractivity (Wildman–Crippen MR) is 113 cm³/mol. The number of esters is 1. The highest BCUT2D eigenvalue weighted by atomic mass is 16.5. The molecule has 2 rings (SSSR count). The number of Topliss-reactive ketones (excluding diaryl/α,β-unsaturated/α-hetero) is 1. The Labute approximate surface area is 175 Å². The standard InChI is InChI=1S/C24H40O5/c1-3-14-24(15-9-16-24)22(27)12-8-11-19-18(20(25)17-21(19)26)10-6-4-5-7-13-23(28)29-2/h8,11,18-19,21-22,26-27H,3-7,9-10,12-17H2,1-2H3/b11-8+/t18-,19-,21+,22-/m1/s1. The molecule has 0 amide bonds. The Kier molecular flexibility index (Phi) is 9.84. The molecule has 166 valence electrons. The van der Waals surface area contributed by atoms with E-state index in [1.54, 1.807) is 0 Å². The number of ether oxygens (including phenoxy) is 1. The van der Waals surface area contributed by atoms with Crippen LogP contribution in [0.1, 0.15) is 90.4 Å². The first-order valence-electron chi connectivity index (χ1n) is 11.6. The summed E-state index contributed by atoms with van der Waals surface area (Å²) in [6.45, 7) is 2.17. The van der Waals surface area contributed by atoms with E-state index in [1.807, 2.05) is 12.2 Å². The van der Waals surface area contributed by atoms with Gasteiger partial charge in [-0.3, -0.25) is 9.59 Å². The summed E-state index contributed by atoms with van der Waals surface area (Å²) in [6, 6.07) is 0. The van der Waals surface area contributed by atoms with Gasteiger partial charge >= 0.3 is 5.97 Å². The average Bonchev–Trinajstić information content (AvgIpc) is 2.93. The molecule has 0 spiro atoms. The van der Waals surface area contributed by atoms with Crippen LogP contribution in [0.4, 0.5) is 0 Å². The second-order valence-electron chi connectivity index (χ2n) is 9.10. The van der Waals surface area contributed by atoms with Crippen LogP contribution in [0.3, 0.4) is 0 Å². The van der Waals surface area contributed by atoms with Gasteiger partial charge in [0.05, 0.1) is 19.3 Å². The van der Waals surface area contributed by atoms with Gasteiger partial charge in [-0.05, 0) is 43.9 Å². The maximum atomic E-state index is 12.3. The van der Waals surface area contributed by atoms with Crippen LogP contribution < -0.4 is 0 Å². The van der Waals surface area contributed by atoms with E-state index in [0.717, 1.165) is 57.8 Å². The maximum Gasteiger partial charge on any atom is 0.305 e.